The normalized spacial score (nSPS) is 13.7. The summed E-state index contributed by atoms with van der Waals surface area (Å²) < 4.78 is 0. The van der Waals surface area contributed by atoms with Crippen LogP contribution in [0.25, 0.3) is 0 Å². The van der Waals surface area contributed by atoms with Crippen molar-refractivity contribution in [2.45, 2.75) is 26.8 Å². The van der Waals surface area contributed by atoms with E-state index in [4.69, 9.17) is 5.11 Å². The molecule has 0 aliphatic carbocycles. The first-order valence-electron chi connectivity index (χ1n) is 5.60. The first kappa shape index (κ1) is 14.4. The van der Waals surface area contributed by atoms with Crippen molar-refractivity contribution in [3.05, 3.63) is 16.6 Å². The first-order chi connectivity index (χ1) is 8.48. The molecule has 1 rings (SSSR count). The van der Waals surface area contributed by atoms with Crippen LogP contribution >= 0.6 is 11.3 Å². The molecular formula is C11H17N3O3S. The number of hydrogen-bond donors (Lipinski definition) is 3. The summed E-state index contributed by atoms with van der Waals surface area (Å²) in [6, 6.07) is -0.385. The topological polar surface area (TPSA) is 91.3 Å². The SMILES string of the molecule is CCC(C)(CNC(=O)NCc1cscn1)C(=O)O. The molecule has 1 unspecified atom stereocenters. The van der Waals surface area contributed by atoms with E-state index in [2.05, 4.69) is 15.6 Å². The molecule has 100 valence electrons. The Bertz CT molecular complexity index is 408. The molecule has 1 aromatic rings. The van der Waals surface area contributed by atoms with Crippen LogP contribution in [0.1, 0.15) is 26.0 Å². The Hall–Kier alpha value is -1.63. The predicted octanol–water partition coefficient (Wildman–Crippen LogP) is 1.44. The van der Waals surface area contributed by atoms with Crippen molar-refractivity contribution in [2.24, 2.45) is 5.41 Å². The van der Waals surface area contributed by atoms with Crippen molar-refractivity contribution in [1.29, 1.82) is 0 Å². The molecule has 6 nitrogen and oxygen atoms in total. The molecule has 1 aromatic heterocycles. The molecule has 0 spiro atoms. The lowest BCUT2D eigenvalue weighted by Gasteiger charge is -2.23. The average Bonchev–Trinajstić information content (AvgIpc) is 2.86. The summed E-state index contributed by atoms with van der Waals surface area (Å²) in [5.74, 6) is -0.912. The van der Waals surface area contributed by atoms with Gasteiger partial charge in [-0.3, -0.25) is 4.79 Å². The second-order valence-electron chi connectivity index (χ2n) is 4.24. The zero-order valence-electron chi connectivity index (χ0n) is 10.4. The number of aromatic nitrogens is 1. The Morgan fingerprint density at radius 3 is 2.72 bits per heavy atom. The van der Waals surface area contributed by atoms with Crippen LogP contribution in [0, 0.1) is 5.41 Å². The molecule has 2 amide bonds. The van der Waals surface area contributed by atoms with Crippen molar-refractivity contribution >= 4 is 23.3 Å². The Morgan fingerprint density at radius 1 is 1.50 bits per heavy atom. The molecule has 0 aliphatic rings. The first-order valence-corrected chi connectivity index (χ1v) is 6.54. The molecule has 3 N–H and O–H groups in total. The standard InChI is InChI=1S/C11H17N3O3S/c1-3-11(2,9(15)16)6-13-10(17)12-4-8-5-18-7-14-8/h5,7H,3-4,6H2,1-2H3,(H,15,16)(H2,12,13,17). The van der Waals surface area contributed by atoms with Crippen LogP contribution in [0.15, 0.2) is 10.9 Å². The highest BCUT2D eigenvalue weighted by Gasteiger charge is 2.31. The van der Waals surface area contributed by atoms with Crippen LogP contribution in [-0.4, -0.2) is 28.6 Å². The van der Waals surface area contributed by atoms with Gasteiger partial charge in [-0.1, -0.05) is 6.92 Å². The lowest BCUT2D eigenvalue weighted by molar-refractivity contribution is -0.147. The smallest absolute Gasteiger partial charge is 0.315 e. The largest absolute Gasteiger partial charge is 0.481 e. The highest BCUT2D eigenvalue weighted by molar-refractivity contribution is 7.07. The molecule has 0 saturated carbocycles. The van der Waals surface area contributed by atoms with Gasteiger partial charge in [-0.2, -0.15) is 0 Å². The third-order valence-electron chi connectivity index (χ3n) is 2.85. The molecule has 1 heterocycles. The van der Waals surface area contributed by atoms with Gasteiger partial charge in [-0.25, -0.2) is 9.78 Å². The number of carbonyl (C=O) groups is 2. The molecular weight excluding hydrogens is 254 g/mol. The van der Waals surface area contributed by atoms with Crippen LogP contribution < -0.4 is 10.6 Å². The third kappa shape index (κ3) is 3.99. The molecule has 0 bridgehead atoms. The van der Waals surface area contributed by atoms with Crippen LogP contribution in [0.3, 0.4) is 0 Å². The highest BCUT2D eigenvalue weighted by Crippen LogP contribution is 2.19. The number of nitrogens with zero attached hydrogens (tertiary/aromatic N) is 1. The summed E-state index contributed by atoms with van der Waals surface area (Å²) >= 11 is 1.46. The fourth-order valence-electron chi connectivity index (χ4n) is 1.19. The van der Waals surface area contributed by atoms with Gasteiger partial charge < -0.3 is 15.7 Å². The lowest BCUT2D eigenvalue weighted by atomic mass is 9.88. The number of thiazole rings is 1. The number of hydrogen-bond acceptors (Lipinski definition) is 4. The summed E-state index contributed by atoms with van der Waals surface area (Å²) in [6.07, 6.45) is 0.453. The minimum Gasteiger partial charge on any atom is -0.481 e. The molecule has 7 heteroatoms. The van der Waals surface area contributed by atoms with E-state index >= 15 is 0 Å². The van der Waals surface area contributed by atoms with Gasteiger partial charge in [0.25, 0.3) is 0 Å². The fraction of sp³-hybridized carbons (Fsp3) is 0.545. The van der Waals surface area contributed by atoms with E-state index in [1.54, 1.807) is 19.4 Å². The van der Waals surface area contributed by atoms with E-state index in [1.807, 2.05) is 5.38 Å². The van der Waals surface area contributed by atoms with Gasteiger partial charge in [-0.05, 0) is 13.3 Å². The zero-order valence-corrected chi connectivity index (χ0v) is 11.2. The second-order valence-corrected chi connectivity index (χ2v) is 4.95. The molecule has 0 radical (unpaired) electrons. The quantitative estimate of drug-likeness (QED) is 0.730. The summed E-state index contributed by atoms with van der Waals surface area (Å²) in [6.45, 7) is 3.83. The number of amides is 2. The number of carboxylic acid groups (broad SMARTS) is 1. The summed E-state index contributed by atoms with van der Waals surface area (Å²) in [5.41, 5.74) is 1.54. The Kier molecular flexibility index (Phi) is 5.08. The Balaban J connectivity index is 2.34. The Labute approximate surface area is 109 Å². The van der Waals surface area contributed by atoms with Gasteiger partial charge >= 0.3 is 12.0 Å². The van der Waals surface area contributed by atoms with Crippen LogP contribution in [0.2, 0.25) is 0 Å². The maximum absolute atomic E-state index is 11.5. The maximum atomic E-state index is 11.5. The summed E-state index contributed by atoms with van der Waals surface area (Å²) in [5, 5.41) is 16.1. The zero-order chi connectivity index (χ0) is 13.6. The van der Waals surface area contributed by atoms with Gasteiger partial charge in [0, 0.05) is 11.9 Å². The van der Waals surface area contributed by atoms with Gasteiger partial charge in [0.15, 0.2) is 0 Å². The van der Waals surface area contributed by atoms with E-state index in [0.717, 1.165) is 5.69 Å². The average molecular weight is 271 g/mol. The molecule has 18 heavy (non-hydrogen) atoms. The van der Waals surface area contributed by atoms with Gasteiger partial charge in [0.05, 0.1) is 23.2 Å². The van der Waals surface area contributed by atoms with Crippen molar-refractivity contribution in [2.75, 3.05) is 6.54 Å². The van der Waals surface area contributed by atoms with E-state index in [1.165, 1.54) is 11.3 Å². The molecule has 0 aromatic carbocycles. The second kappa shape index (κ2) is 6.34. The molecule has 0 aliphatic heterocycles. The maximum Gasteiger partial charge on any atom is 0.315 e. The van der Waals surface area contributed by atoms with Crippen molar-refractivity contribution in [3.63, 3.8) is 0 Å². The minimum absolute atomic E-state index is 0.0989. The van der Waals surface area contributed by atoms with Gasteiger partial charge in [-0.15, -0.1) is 11.3 Å². The third-order valence-corrected chi connectivity index (χ3v) is 3.48. The van der Waals surface area contributed by atoms with Gasteiger partial charge in [0.1, 0.15) is 0 Å². The number of urea groups is 1. The highest BCUT2D eigenvalue weighted by atomic mass is 32.1. The van der Waals surface area contributed by atoms with E-state index in [-0.39, 0.29) is 12.6 Å². The predicted molar refractivity (Wildman–Crippen MR) is 68.4 cm³/mol. The van der Waals surface area contributed by atoms with Gasteiger partial charge in [0.2, 0.25) is 0 Å². The van der Waals surface area contributed by atoms with Crippen molar-refractivity contribution in [3.8, 4) is 0 Å². The van der Waals surface area contributed by atoms with Crippen LogP contribution in [0.4, 0.5) is 4.79 Å². The van der Waals surface area contributed by atoms with Crippen molar-refractivity contribution < 1.29 is 14.7 Å². The van der Waals surface area contributed by atoms with E-state index in [0.29, 0.717) is 13.0 Å². The molecule has 0 saturated heterocycles. The van der Waals surface area contributed by atoms with E-state index < -0.39 is 11.4 Å². The monoisotopic (exact) mass is 271 g/mol. The molecule has 0 fully saturated rings. The number of carboxylic acids is 1. The fourth-order valence-corrected chi connectivity index (χ4v) is 1.74. The lowest BCUT2D eigenvalue weighted by Crippen LogP contribution is -2.44. The number of rotatable bonds is 6. The number of aliphatic carboxylic acids is 1. The Morgan fingerprint density at radius 2 is 2.22 bits per heavy atom. The minimum atomic E-state index is -0.933. The van der Waals surface area contributed by atoms with Crippen LogP contribution in [0.5, 0.6) is 0 Å². The van der Waals surface area contributed by atoms with E-state index in [9.17, 15) is 9.59 Å². The number of nitrogens with one attached hydrogen (secondary N) is 2. The summed E-state index contributed by atoms with van der Waals surface area (Å²) in [7, 11) is 0. The van der Waals surface area contributed by atoms with Crippen LogP contribution in [-0.2, 0) is 11.3 Å². The summed E-state index contributed by atoms with van der Waals surface area (Å²) in [4.78, 5) is 26.5. The molecule has 1 atom stereocenters. The number of carbonyl (C=O) groups excluding carboxylic acids is 1. The van der Waals surface area contributed by atoms with Crippen molar-refractivity contribution in [1.82, 2.24) is 15.6 Å².